The van der Waals surface area contributed by atoms with E-state index in [1.165, 1.54) is 25.7 Å². The van der Waals surface area contributed by atoms with Crippen LogP contribution < -0.4 is 5.32 Å². The van der Waals surface area contributed by atoms with Crippen LogP contribution in [0, 0.1) is 17.3 Å². The van der Waals surface area contributed by atoms with E-state index in [4.69, 9.17) is 9.47 Å². The molecular weight excluding hydrogens is 366 g/mol. The van der Waals surface area contributed by atoms with Gasteiger partial charge in [-0.1, -0.05) is 18.6 Å². The number of esters is 1. The summed E-state index contributed by atoms with van der Waals surface area (Å²) in [5.74, 6) is -0.194. The summed E-state index contributed by atoms with van der Waals surface area (Å²) in [5, 5.41) is 15.5. The van der Waals surface area contributed by atoms with Crippen LogP contribution in [0.3, 0.4) is 0 Å². The second kappa shape index (κ2) is 7.97. The number of methoxy groups -OCH3 is 1. The van der Waals surface area contributed by atoms with E-state index in [9.17, 15) is 9.90 Å². The number of aliphatic hydroxyl groups is 1. The number of nitrogens with one attached hydrogen (secondary N) is 1. The molecule has 2 N–H and O–H groups in total. The lowest BCUT2D eigenvalue weighted by Crippen LogP contribution is -2.69. The Balaban J connectivity index is 1.42. The SMILES string of the molecule is CO[C@]1(C)CCC[C@]2(C)C[C@H]3OC(=O)[C@H](CNCCC4=CCCCC4)[C@H]3C[C@]21O. The van der Waals surface area contributed by atoms with Crippen molar-refractivity contribution in [1.29, 1.82) is 0 Å². The molecular formula is C24H39NO4. The summed E-state index contributed by atoms with van der Waals surface area (Å²) >= 11 is 0. The van der Waals surface area contributed by atoms with Crippen molar-refractivity contribution in [2.75, 3.05) is 20.2 Å². The van der Waals surface area contributed by atoms with Gasteiger partial charge >= 0.3 is 5.97 Å². The lowest BCUT2D eigenvalue weighted by Gasteiger charge is -2.62. The van der Waals surface area contributed by atoms with E-state index in [0.717, 1.165) is 38.6 Å². The zero-order valence-electron chi connectivity index (χ0n) is 18.5. The van der Waals surface area contributed by atoms with E-state index < -0.39 is 11.2 Å². The van der Waals surface area contributed by atoms with Crippen LogP contribution in [0.1, 0.15) is 78.1 Å². The molecule has 6 atom stereocenters. The zero-order valence-corrected chi connectivity index (χ0v) is 18.5. The molecule has 4 rings (SSSR count). The van der Waals surface area contributed by atoms with E-state index in [1.807, 2.05) is 6.92 Å². The van der Waals surface area contributed by atoms with Gasteiger partial charge in [-0.15, -0.1) is 0 Å². The van der Waals surface area contributed by atoms with E-state index >= 15 is 0 Å². The standard InChI is InChI=1S/C24H39NO4/c1-22-11-7-12-23(2,28-3)24(22,27)14-18-19(21(26)29-20(18)15-22)16-25-13-10-17-8-5-4-6-9-17/h8,18-20,25,27H,4-7,9-16H2,1-3H3/t18-,19-,20-,22-,23-,24+/m1/s1. The largest absolute Gasteiger partial charge is 0.462 e. The van der Waals surface area contributed by atoms with Crippen molar-refractivity contribution >= 4 is 5.97 Å². The predicted molar refractivity (Wildman–Crippen MR) is 112 cm³/mol. The average Bonchev–Trinajstić information content (AvgIpc) is 2.99. The number of hydrogen-bond donors (Lipinski definition) is 2. The number of ether oxygens (including phenoxy) is 2. The maximum absolute atomic E-state index is 12.7. The lowest BCUT2D eigenvalue weighted by molar-refractivity contribution is -0.270. The summed E-state index contributed by atoms with van der Waals surface area (Å²) in [5.41, 5.74) is -0.209. The Morgan fingerprint density at radius 3 is 2.79 bits per heavy atom. The molecule has 3 fully saturated rings. The average molecular weight is 406 g/mol. The van der Waals surface area contributed by atoms with Crippen molar-refractivity contribution in [2.45, 2.75) is 95.4 Å². The molecule has 3 aliphatic carbocycles. The van der Waals surface area contributed by atoms with Gasteiger partial charge in [0.25, 0.3) is 0 Å². The third-order valence-electron chi connectivity index (χ3n) is 8.83. The molecule has 0 aromatic carbocycles. The predicted octanol–water partition coefficient (Wildman–Crippen LogP) is 3.74. The maximum Gasteiger partial charge on any atom is 0.310 e. The molecule has 0 radical (unpaired) electrons. The summed E-state index contributed by atoms with van der Waals surface area (Å²) in [6.07, 6.45) is 12.6. The highest BCUT2D eigenvalue weighted by atomic mass is 16.6. The molecule has 1 heterocycles. The first kappa shape index (κ1) is 21.3. The molecule has 29 heavy (non-hydrogen) atoms. The van der Waals surface area contributed by atoms with Gasteiger partial charge in [-0.25, -0.2) is 0 Å². The van der Waals surface area contributed by atoms with Gasteiger partial charge in [-0.05, 0) is 77.7 Å². The minimum absolute atomic E-state index is 0.0644. The molecule has 5 nitrogen and oxygen atoms in total. The van der Waals surface area contributed by atoms with Gasteiger partial charge < -0.3 is 19.9 Å². The van der Waals surface area contributed by atoms with Gasteiger partial charge in [0.05, 0.1) is 17.1 Å². The van der Waals surface area contributed by atoms with Crippen LogP contribution in [0.2, 0.25) is 0 Å². The van der Waals surface area contributed by atoms with Gasteiger partial charge in [0.1, 0.15) is 6.10 Å². The lowest BCUT2D eigenvalue weighted by atomic mass is 9.49. The molecule has 0 spiro atoms. The van der Waals surface area contributed by atoms with Crippen LogP contribution >= 0.6 is 0 Å². The Morgan fingerprint density at radius 1 is 1.24 bits per heavy atom. The van der Waals surface area contributed by atoms with Crippen molar-refractivity contribution in [2.24, 2.45) is 17.3 Å². The summed E-state index contributed by atoms with van der Waals surface area (Å²) < 4.78 is 11.7. The molecule has 0 amide bonds. The van der Waals surface area contributed by atoms with Crippen LogP contribution in [0.5, 0.6) is 0 Å². The number of fused-ring (bicyclic) bond motifs is 2. The third kappa shape index (κ3) is 3.57. The van der Waals surface area contributed by atoms with E-state index in [2.05, 4.69) is 18.3 Å². The second-order valence-corrected chi connectivity index (χ2v) is 10.4. The monoisotopic (exact) mass is 405 g/mol. The van der Waals surface area contributed by atoms with Gasteiger partial charge in [0.15, 0.2) is 0 Å². The third-order valence-corrected chi connectivity index (χ3v) is 8.83. The molecule has 0 aromatic rings. The number of carbonyl (C=O) groups is 1. The van der Waals surface area contributed by atoms with Crippen LogP contribution in [-0.2, 0) is 14.3 Å². The topological polar surface area (TPSA) is 67.8 Å². The van der Waals surface area contributed by atoms with Crippen molar-refractivity contribution in [3.63, 3.8) is 0 Å². The van der Waals surface area contributed by atoms with Gasteiger partial charge in [-0.2, -0.15) is 0 Å². The van der Waals surface area contributed by atoms with E-state index in [-0.39, 0.29) is 29.3 Å². The fourth-order valence-corrected chi connectivity index (χ4v) is 6.75. The smallest absolute Gasteiger partial charge is 0.310 e. The Hall–Kier alpha value is -0.910. The Morgan fingerprint density at radius 2 is 2.07 bits per heavy atom. The molecule has 5 heteroatoms. The molecule has 0 unspecified atom stereocenters. The number of allylic oxidation sites excluding steroid dienone is 1. The first-order valence-electron chi connectivity index (χ1n) is 11.7. The van der Waals surface area contributed by atoms with Gasteiger partial charge in [-0.3, -0.25) is 4.79 Å². The normalized spacial score (nSPS) is 44.6. The summed E-state index contributed by atoms with van der Waals surface area (Å²) in [6.45, 7) is 5.76. The van der Waals surface area contributed by atoms with E-state index in [1.54, 1.807) is 12.7 Å². The van der Waals surface area contributed by atoms with E-state index in [0.29, 0.717) is 13.0 Å². The van der Waals surface area contributed by atoms with Crippen molar-refractivity contribution in [3.8, 4) is 0 Å². The molecule has 164 valence electrons. The first-order valence-corrected chi connectivity index (χ1v) is 11.7. The first-order chi connectivity index (χ1) is 13.8. The quantitative estimate of drug-likeness (QED) is 0.400. The molecule has 4 aliphatic rings. The second-order valence-electron chi connectivity index (χ2n) is 10.4. The van der Waals surface area contributed by atoms with Crippen molar-refractivity contribution in [1.82, 2.24) is 5.32 Å². The molecule has 0 aromatic heterocycles. The van der Waals surface area contributed by atoms with Crippen molar-refractivity contribution < 1.29 is 19.4 Å². The minimum Gasteiger partial charge on any atom is -0.462 e. The zero-order chi connectivity index (χ0) is 20.7. The number of hydrogen-bond acceptors (Lipinski definition) is 5. The van der Waals surface area contributed by atoms with Gasteiger partial charge in [0.2, 0.25) is 0 Å². The molecule has 2 saturated carbocycles. The molecule has 1 saturated heterocycles. The van der Waals surface area contributed by atoms with Crippen LogP contribution in [0.25, 0.3) is 0 Å². The summed E-state index contributed by atoms with van der Waals surface area (Å²) in [7, 11) is 1.71. The fraction of sp³-hybridized carbons (Fsp3) is 0.875. The Labute approximate surface area is 175 Å². The van der Waals surface area contributed by atoms with Gasteiger partial charge in [0, 0.05) is 25.0 Å². The van der Waals surface area contributed by atoms with Crippen molar-refractivity contribution in [3.05, 3.63) is 11.6 Å². The fourth-order valence-electron chi connectivity index (χ4n) is 6.75. The number of rotatable bonds is 6. The molecule has 1 aliphatic heterocycles. The highest BCUT2D eigenvalue weighted by Gasteiger charge is 2.67. The van der Waals surface area contributed by atoms with Crippen LogP contribution in [-0.4, -0.2) is 48.6 Å². The Kier molecular flexibility index (Phi) is 5.86. The maximum atomic E-state index is 12.7. The molecule has 0 bridgehead atoms. The van der Waals surface area contributed by atoms with Crippen LogP contribution in [0.4, 0.5) is 0 Å². The number of carbonyl (C=O) groups excluding carboxylic acids is 1. The highest BCUT2D eigenvalue weighted by molar-refractivity contribution is 5.75. The Bertz CT molecular complexity index is 663. The minimum atomic E-state index is -0.923. The summed E-state index contributed by atoms with van der Waals surface area (Å²) in [4.78, 5) is 12.7. The summed E-state index contributed by atoms with van der Waals surface area (Å²) in [6, 6.07) is 0. The van der Waals surface area contributed by atoms with Crippen LogP contribution in [0.15, 0.2) is 11.6 Å². The highest BCUT2D eigenvalue weighted by Crippen LogP contribution is 2.61.